The molecule has 0 heterocycles. The topological polar surface area (TPSA) is 32.3 Å². The number of benzene rings is 2. The summed E-state index contributed by atoms with van der Waals surface area (Å²) in [5.74, 6) is -0.112. The highest BCUT2D eigenvalue weighted by molar-refractivity contribution is 9.10. The molecule has 2 aromatic carbocycles. The van der Waals surface area contributed by atoms with Crippen LogP contribution in [0.25, 0.3) is 0 Å². The van der Waals surface area contributed by atoms with Crippen LogP contribution in [0.1, 0.15) is 30.1 Å². The van der Waals surface area contributed by atoms with Crippen molar-refractivity contribution in [3.8, 4) is 0 Å². The second-order valence-electron chi connectivity index (χ2n) is 5.26. The van der Waals surface area contributed by atoms with Crippen molar-refractivity contribution in [2.24, 2.45) is 0 Å². The van der Waals surface area contributed by atoms with Crippen molar-refractivity contribution in [3.63, 3.8) is 0 Å². The van der Waals surface area contributed by atoms with Gasteiger partial charge in [0, 0.05) is 29.4 Å². The van der Waals surface area contributed by atoms with E-state index in [4.69, 9.17) is 0 Å². The molecular formula is C18H21BrN2O. The van der Waals surface area contributed by atoms with Crippen LogP contribution < -0.4 is 10.2 Å². The number of anilines is 2. The molecule has 116 valence electrons. The van der Waals surface area contributed by atoms with Crippen molar-refractivity contribution in [1.82, 2.24) is 0 Å². The van der Waals surface area contributed by atoms with Gasteiger partial charge in [-0.15, -0.1) is 0 Å². The number of nitrogens with zero attached hydrogens (tertiary/aromatic N) is 1. The number of hydrogen-bond donors (Lipinski definition) is 1. The predicted molar refractivity (Wildman–Crippen MR) is 96.7 cm³/mol. The number of carbonyl (C=O) groups is 1. The van der Waals surface area contributed by atoms with E-state index in [1.165, 1.54) is 12.8 Å². The average Bonchev–Trinajstić information content (AvgIpc) is 2.53. The molecule has 0 saturated heterocycles. The molecule has 2 rings (SSSR count). The van der Waals surface area contributed by atoms with E-state index < -0.39 is 0 Å². The molecule has 0 fully saturated rings. The van der Waals surface area contributed by atoms with Crippen molar-refractivity contribution in [2.75, 3.05) is 23.8 Å². The number of rotatable bonds is 6. The third-order valence-electron chi connectivity index (χ3n) is 3.53. The molecule has 0 aromatic heterocycles. The minimum Gasteiger partial charge on any atom is -0.375 e. The van der Waals surface area contributed by atoms with Gasteiger partial charge in [-0.05, 0) is 58.7 Å². The molecule has 0 bridgehead atoms. The van der Waals surface area contributed by atoms with Crippen LogP contribution in [0.15, 0.2) is 53.0 Å². The molecule has 0 aliphatic rings. The SMILES string of the molecule is CCCCN(C)c1ccc(NC(=O)c2ccccc2Br)cc1. The molecule has 0 aliphatic carbocycles. The van der Waals surface area contributed by atoms with E-state index in [2.05, 4.69) is 40.1 Å². The molecule has 0 atom stereocenters. The van der Waals surface area contributed by atoms with E-state index in [9.17, 15) is 4.79 Å². The Hall–Kier alpha value is -1.81. The lowest BCUT2D eigenvalue weighted by atomic mass is 10.2. The van der Waals surface area contributed by atoms with Crippen LogP contribution in [-0.2, 0) is 0 Å². The van der Waals surface area contributed by atoms with Crippen molar-refractivity contribution < 1.29 is 4.79 Å². The Labute approximate surface area is 140 Å². The van der Waals surface area contributed by atoms with Gasteiger partial charge in [0.15, 0.2) is 0 Å². The number of unbranched alkanes of at least 4 members (excludes halogenated alkanes) is 1. The number of carbonyl (C=O) groups excluding carboxylic acids is 1. The van der Waals surface area contributed by atoms with Crippen LogP contribution in [0.4, 0.5) is 11.4 Å². The van der Waals surface area contributed by atoms with E-state index in [1.807, 2.05) is 42.5 Å². The second-order valence-corrected chi connectivity index (χ2v) is 6.11. The maximum Gasteiger partial charge on any atom is 0.256 e. The number of halogens is 1. The second kappa shape index (κ2) is 7.99. The van der Waals surface area contributed by atoms with Crippen LogP contribution in [0.3, 0.4) is 0 Å². The maximum atomic E-state index is 12.2. The molecule has 3 nitrogen and oxygen atoms in total. The van der Waals surface area contributed by atoms with Crippen molar-refractivity contribution in [3.05, 3.63) is 58.6 Å². The Morgan fingerprint density at radius 2 is 1.82 bits per heavy atom. The normalized spacial score (nSPS) is 10.3. The fraction of sp³-hybridized carbons (Fsp3) is 0.278. The number of nitrogens with one attached hydrogen (secondary N) is 1. The Balaban J connectivity index is 2.02. The van der Waals surface area contributed by atoms with Gasteiger partial charge in [0.2, 0.25) is 0 Å². The zero-order chi connectivity index (χ0) is 15.9. The van der Waals surface area contributed by atoms with E-state index in [0.717, 1.165) is 22.4 Å². The summed E-state index contributed by atoms with van der Waals surface area (Å²) >= 11 is 3.40. The summed E-state index contributed by atoms with van der Waals surface area (Å²) in [6, 6.07) is 15.3. The van der Waals surface area contributed by atoms with Crippen LogP contribution >= 0.6 is 15.9 Å². The molecule has 1 amide bonds. The maximum absolute atomic E-state index is 12.2. The minimum absolute atomic E-state index is 0.112. The van der Waals surface area contributed by atoms with Gasteiger partial charge in [0.05, 0.1) is 5.56 Å². The molecule has 0 radical (unpaired) electrons. The molecule has 2 aromatic rings. The zero-order valence-corrected chi connectivity index (χ0v) is 14.6. The number of hydrogen-bond acceptors (Lipinski definition) is 2. The summed E-state index contributed by atoms with van der Waals surface area (Å²) in [7, 11) is 2.09. The molecule has 4 heteroatoms. The van der Waals surface area contributed by atoms with Gasteiger partial charge in [-0.25, -0.2) is 0 Å². The van der Waals surface area contributed by atoms with E-state index >= 15 is 0 Å². The molecule has 0 spiro atoms. The lowest BCUT2D eigenvalue weighted by Gasteiger charge is -2.19. The first-order valence-electron chi connectivity index (χ1n) is 7.49. The van der Waals surface area contributed by atoms with E-state index in [1.54, 1.807) is 6.07 Å². The summed E-state index contributed by atoms with van der Waals surface area (Å²) in [5.41, 5.74) is 2.59. The smallest absolute Gasteiger partial charge is 0.256 e. The average molecular weight is 361 g/mol. The Morgan fingerprint density at radius 1 is 1.14 bits per heavy atom. The fourth-order valence-corrected chi connectivity index (χ4v) is 2.63. The monoisotopic (exact) mass is 360 g/mol. The third kappa shape index (κ3) is 4.34. The zero-order valence-electron chi connectivity index (χ0n) is 13.0. The van der Waals surface area contributed by atoms with Gasteiger partial charge in [-0.1, -0.05) is 25.5 Å². The summed E-state index contributed by atoms with van der Waals surface area (Å²) in [6.45, 7) is 3.23. The summed E-state index contributed by atoms with van der Waals surface area (Å²) in [5, 5.41) is 2.92. The van der Waals surface area contributed by atoms with Gasteiger partial charge >= 0.3 is 0 Å². The minimum atomic E-state index is -0.112. The van der Waals surface area contributed by atoms with Crippen LogP contribution in [-0.4, -0.2) is 19.5 Å². The Kier molecular flexibility index (Phi) is 6.01. The largest absolute Gasteiger partial charge is 0.375 e. The summed E-state index contributed by atoms with van der Waals surface area (Å²) in [6.07, 6.45) is 2.36. The van der Waals surface area contributed by atoms with Gasteiger partial charge in [-0.3, -0.25) is 4.79 Å². The van der Waals surface area contributed by atoms with Crippen molar-refractivity contribution in [2.45, 2.75) is 19.8 Å². The van der Waals surface area contributed by atoms with Crippen LogP contribution in [0, 0.1) is 0 Å². The summed E-state index contributed by atoms with van der Waals surface area (Å²) < 4.78 is 0.795. The predicted octanol–water partition coefficient (Wildman–Crippen LogP) is 4.94. The van der Waals surface area contributed by atoms with E-state index in [0.29, 0.717) is 5.56 Å². The molecule has 0 unspecified atom stereocenters. The molecule has 0 saturated carbocycles. The first-order valence-corrected chi connectivity index (χ1v) is 8.28. The summed E-state index contributed by atoms with van der Waals surface area (Å²) in [4.78, 5) is 14.5. The lowest BCUT2D eigenvalue weighted by molar-refractivity contribution is 0.102. The van der Waals surface area contributed by atoms with E-state index in [-0.39, 0.29) is 5.91 Å². The Bertz CT molecular complexity index is 625. The highest BCUT2D eigenvalue weighted by atomic mass is 79.9. The quantitative estimate of drug-likeness (QED) is 0.791. The van der Waals surface area contributed by atoms with Crippen molar-refractivity contribution >= 4 is 33.2 Å². The molecule has 0 aliphatic heterocycles. The molecular weight excluding hydrogens is 340 g/mol. The van der Waals surface area contributed by atoms with Gasteiger partial charge in [0.25, 0.3) is 5.91 Å². The van der Waals surface area contributed by atoms with Crippen molar-refractivity contribution in [1.29, 1.82) is 0 Å². The highest BCUT2D eigenvalue weighted by Gasteiger charge is 2.09. The highest BCUT2D eigenvalue weighted by Crippen LogP contribution is 2.20. The standard InChI is InChI=1S/C18H21BrN2O/c1-3-4-13-21(2)15-11-9-14(10-12-15)20-18(22)16-7-5-6-8-17(16)19/h5-12H,3-4,13H2,1-2H3,(H,20,22). The first kappa shape index (κ1) is 16.6. The van der Waals surface area contributed by atoms with Gasteiger partial charge in [-0.2, -0.15) is 0 Å². The van der Waals surface area contributed by atoms with Crippen LogP contribution in [0.5, 0.6) is 0 Å². The third-order valence-corrected chi connectivity index (χ3v) is 4.22. The fourth-order valence-electron chi connectivity index (χ4n) is 2.17. The first-order chi connectivity index (χ1) is 10.6. The molecule has 22 heavy (non-hydrogen) atoms. The number of amides is 1. The Morgan fingerprint density at radius 3 is 2.45 bits per heavy atom. The van der Waals surface area contributed by atoms with Gasteiger partial charge in [0.1, 0.15) is 0 Å². The molecule has 1 N–H and O–H groups in total. The van der Waals surface area contributed by atoms with Gasteiger partial charge < -0.3 is 10.2 Å². The van der Waals surface area contributed by atoms with Crippen LogP contribution in [0.2, 0.25) is 0 Å². The lowest BCUT2D eigenvalue weighted by Crippen LogP contribution is -2.18.